The van der Waals surface area contributed by atoms with Gasteiger partial charge in [-0.25, -0.2) is 9.78 Å². The Hall–Kier alpha value is -3.03. The van der Waals surface area contributed by atoms with Crippen molar-refractivity contribution in [3.05, 3.63) is 57.6 Å². The predicted octanol–water partition coefficient (Wildman–Crippen LogP) is 4.33. The molecule has 8 heteroatoms. The summed E-state index contributed by atoms with van der Waals surface area (Å²) in [5, 5.41) is 4.52. The average Bonchev–Trinajstić information content (AvgIpc) is 3.26. The molecular formula is C22H21ClN2O5. The molecule has 0 atom stereocenters. The van der Waals surface area contributed by atoms with E-state index >= 15 is 0 Å². The molecule has 4 rings (SSSR count). The number of halogens is 1. The second-order valence-electron chi connectivity index (χ2n) is 6.79. The molecule has 7 nitrogen and oxygen atoms in total. The molecule has 0 spiro atoms. The van der Waals surface area contributed by atoms with Crippen molar-refractivity contribution in [2.75, 3.05) is 26.6 Å². The van der Waals surface area contributed by atoms with Crippen molar-refractivity contribution in [2.45, 2.75) is 19.8 Å². The Labute approximate surface area is 178 Å². The molecule has 0 aliphatic carbocycles. The lowest BCUT2D eigenvalue weighted by atomic mass is 10.0. The zero-order valence-electron chi connectivity index (χ0n) is 16.9. The molecule has 1 N–H and O–H groups in total. The van der Waals surface area contributed by atoms with Crippen molar-refractivity contribution in [1.82, 2.24) is 4.98 Å². The summed E-state index contributed by atoms with van der Waals surface area (Å²) < 4.78 is 21.2. The maximum absolute atomic E-state index is 12.0. The van der Waals surface area contributed by atoms with E-state index in [-0.39, 0.29) is 0 Å². The summed E-state index contributed by atoms with van der Waals surface area (Å²) in [7, 11) is 4.54. The van der Waals surface area contributed by atoms with Gasteiger partial charge in [-0.3, -0.25) is 0 Å². The van der Waals surface area contributed by atoms with Gasteiger partial charge in [-0.1, -0.05) is 17.7 Å². The summed E-state index contributed by atoms with van der Waals surface area (Å²) >= 11 is 6.30. The summed E-state index contributed by atoms with van der Waals surface area (Å²) in [5.74, 6) is 1.59. The van der Waals surface area contributed by atoms with Crippen LogP contribution in [0.2, 0.25) is 5.02 Å². The van der Waals surface area contributed by atoms with Gasteiger partial charge in [0, 0.05) is 17.5 Å². The van der Waals surface area contributed by atoms with E-state index in [9.17, 15) is 4.79 Å². The van der Waals surface area contributed by atoms with Crippen LogP contribution in [-0.4, -0.2) is 32.3 Å². The van der Waals surface area contributed by atoms with Gasteiger partial charge >= 0.3 is 5.97 Å². The number of hydrogen-bond donors (Lipinski definition) is 1. The van der Waals surface area contributed by atoms with E-state index in [2.05, 4.69) is 5.32 Å². The van der Waals surface area contributed by atoms with Gasteiger partial charge in [-0.2, -0.15) is 0 Å². The van der Waals surface area contributed by atoms with E-state index in [1.807, 2.05) is 18.2 Å². The van der Waals surface area contributed by atoms with E-state index in [4.69, 9.17) is 35.5 Å². The number of nitrogens with zero attached hydrogens (tertiary/aromatic N) is 1. The minimum atomic E-state index is -0.481. The van der Waals surface area contributed by atoms with E-state index in [0.717, 1.165) is 27.9 Å². The number of aromatic nitrogens is 1. The topological polar surface area (TPSA) is 78.9 Å². The van der Waals surface area contributed by atoms with Gasteiger partial charge in [-0.05, 0) is 35.4 Å². The van der Waals surface area contributed by atoms with Crippen molar-refractivity contribution in [3.63, 3.8) is 0 Å². The normalized spacial score (nSPS) is 12.5. The molecule has 1 aromatic heterocycles. The van der Waals surface area contributed by atoms with Crippen LogP contribution in [0.4, 0.5) is 5.82 Å². The molecule has 0 radical (unpaired) electrons. The molecule has 1 aliphatic rings. The fourth-order valence-electron chi connectivity index (χ4n) is 3.55. The lowest BCUT2D eigenvalue weighted by molar-refractivity contribution is 0.0601. The molecule has 3 aromatic rings. The van der Waals surface area contributed by atoms with Crippen LogP contribution >= 0.6 is 11.6 Å². The zero-order valence-corrected chi connectivity index (χ0v) is 17.6. The van der Waals surface area contributed by atoms with Crippen LogP contribution in [0, 0.1) is 0 Å². The van der Waals surface area contributed by atoms with E-state index < -0.39 is 5.97 Å². The summed E-state index contributed by atoms with van der Waals surface area (Å²) in [6.45, 7) is 1.43. The predicted molar refractivity (Wildman–Crippen MR) is 113 cm³/mol. The number of esters is 1. The SMILES string of the molecule is COC(=O)c1cc2c3c(c(NCc4ccc(OC)c(OC)c4)nc2cc1Cl)COC3. The third-order valence-electron chi connectivity index (χ3n) is 5.10. The standard InChI is InChI=1S/C22H21ClN2O5/c1-27-19-5-4-12(6-20(19)28-2)9-24-21-16-11-30-10-15(16)13-7-14(22(26)29-3)17(23)8-18(13)25-21/h4-8H,9-11H2,1-3H3,(H,24,25). The highest BCUT2D eigenvalue weighted by atomic mass is 35.5. The van der Waals surface area contributed by atoms with Gasteiger partial charge in [0.15, 0.2) is 11.5 Å². The van der Waals surface area contributed by atoms with Crippen LogP contribution in [0.1, 0.15) is 27.0 Å². The third kappa shape index (κ3) is 3.62. The second kappa shape index (κ2) is 8.38. The maximum atomic E-state index is 12.0. The van der Waals surface area contributed by atoms with Crippen molar-refractivity contribution in [2.24, 2.45) is 0 Å². The Bertz CT molecular complexity index is 1130. The maximum Gasteiger partial charge on any atom is 0.339 e. The van der Waals surface area contributed by atoms with Crippen LogP contribution in [0.5, 0.6) is 11.5 Å². The fraction of sp³-hybridized carbons (Fsp3) is 0.273. The highest BCUT2D eigenvalue weighted by Crippen LogP contribution is 2.35. The smallest absolute Gasteiger partial charge is 0.339 e. The molecule has 0 fully saturated rings. The minimum absolute atomic E-state index is 0.298. The number of anilines is 1. The van der Waals surface area contributed by atoms with E-state index in [1.165, 1.54) is 7.11 Å². The Kier molecular flexibility index (Phi) is 5.65. The Morgan fingerprint density at radius 3 is 2.60 bits per heavy atom. The number of pyridine rings is 1. The molecule has 2 aromatic carbocycles. The number of fused-ring (bicyclic) bond motifs is 3. The first-order valence-corrected chi connectivity index (χ1v) is 9.69. The molecular weight excluding hydrogens is 408 g/mol. The van der Waals surface area contributed by atoms with Gasteiger partial charge in [0.2, 0.25) is 0 Å². The molecule has 1 aliphatic heterocycles. The third-order valence-corrected chi connectivity index (χ3v) is 5.41. The lowest BCUT2D eigenvalue weighted by Gasteiger charge is -2.14. The summed E-state index contributed by atoms with van der Waals surface area (Å²) in [4.78, 5) is 16.8. The Balaban J connectivity index is 1.69. The van der Waals surface area contributed by atoms with Crippen molar-refractivity contribution < 1.29 is 23.7 Å². The number of methoxy groups -OCH3 is 3. The minimum Gasteiger partial charge on any atom is -0.493 e. The van der Waals surface area contributed by atoms with Crippen LogP contribution in [-0.2, 0) is 29.2 Å². The molecule has 156 valence electrons. The van der Waals surface area contributed by atoms with Gasteiger partial charge in [-0.15, -0.1) is 0 Å². The summed E-state index contributed by atoms with van der Waals surface area (Å²) in [6, 6.07) is 9.16. The number of rotatable bonds is 6. The molecule has 0 unspecified atom stereocenters. The van der Waals surface area contributed by atoms with Gasteiger partial charge in [0.1, 0.15) is 5.82 Å². The molecule has 30 heavy (non-hydrogen) atoms. The Morgan fingerprint density at radius 1 is 1.10 bits per heavy atom. The molecule has 0 saturated heterocycles. The summed E-state index contributed by atoms with van der Waals surface area (Å²) in [5.41, 5.74) is 3.99. The monoisotopic (exact) mass is 428 g/mol. The average molecular weight is 429 g/mol. The largest absolute Gasteiger partial charge is 0.493 e. The molecule has 2 heterocycles. The highest BCUT2D eigenvalue weighted by Gasteiger charge is 2.23. The first-order chi connectivity index (χ1) is 14.5. The number of benzene rings is 2. The van der Waals surface area contributed by atoms with Crippen molar-refractivity contribution in [1.29, 1.82) is 0 Å². The quantitative estimate of drug-likeness (QED) is 0.585. The first kappa shape index (κ1) is 20.3. The van der Waals surface area contributed by atoms with E-state index in [0.29, 0.717) is 47.4 Å². The van der Waals surface area contributed by atoms with Gasteiger partial charge < -0.3 is 24.3 Å². The Morgan fingerprint density at radius 2 is 1.87 bits per heavy atom. The van der Waals surface area contributed by atoms with Gasteiger partial charge in [0.05, 0.1) is 50.6 Å². The van der Waals surface area contributed by atoms with Gasteiger partial charge in [0.25, 0.3) is 0 Å². The van der Waals surface area contributed by atoms with Crippen molar-refractivity contribution >= 4 is 34.3 Å². The fourth-order valence-corrected chi connectivity index (χ4v) is 3.79. The number of hydrogen-bond acceptors (Lipinski definition) is 7. The number of carbonyl (C=O) groups excluding carboxylic acids is 1. The zero-order chi connectivity index (χ0) is 21.3. The van der Waals surface area contributed by atoms with Crippen LogP contribution in [0.3, 0.4) is 0 Å². The number of ether oxygens (including phenoxy) is 4. The number of nitrogens with one attached hydrogen (secondary N) is 1. The number of carbonyl (C=O) groups is 1. The lowest BCUT2D eigenvalue weighted by Crippen LogP contribution is -2.07. The highest BCUT2D eigenvalue weighted by molar-refractivity contribution is 6.34. The van der Waals surface area contributed by atoms with E-state index in [1.54, 1.807) is 26.4 Å². The van der Waals surface area contributed by atoms with Crippen LogP contribution in [0.25, 0.3) is 10.9 Å². The van der Waals surface area contributed by atoms with Crippen LogP contribution in [0.15, 0.2) is 30.3 Å². The second-order valence-corrected chi connectivity index (χ2v) is 7.20. The van der Waals surface area contributed by atoms with Crippen molar-refractivity contribution in [3.8, 4) is 11.5 Å². The molecule has 0 bridgehead atoms. The molecule has 0 saturated carbocycles. The molecule has 0 amide bonds. The summed E-state index contributed by atoms with van der Waals surface area (Å²) in [6.07, 6.45) is 0. The van der Waals surface area contributed by atoms with Crippen LogP contribution < -0.4 is 14.8 Å². The first-order valence-electron chi connectivity index (χ1n) is 9.31.